The van der Waals surface area contributed by atoms with Gasteiger partial charge in [-0.2, -0.15) is 5.10 Å². The molecular formula is C14H16N2O3. The Morgan fingerprint density at radius 3 is 2.74 bits per heavy atom. The normalized spacial score (nSPS) is 10.5. The van der Waals surface area contributed by atoms with Crippen LogP contribution in [0.4, 0.5) is 0 Å². The first-order chi connectivity index (χ1) is 9.06. The van der Waals surface area contributed by atoms with Crippen LogP contribution in [0.2, 0.25) is 0 Å². The fourth-order valence-electron chi connectivity index (χ4n) is 1.98. The van der Waals surface area contributed by atoms with Gasteiger partial charge in [-0.1, -0.05) is 0 Å². The van der Waals surface area contributed by atoms with Crippen molar-refractivity contribution < 1.29 is 14.6 Å². The number of hydrogen-bond acceptors (Lipinski definition) is 3. The zero-order chi connectivity index (χ0) is 14.0. The van der Waals surface area contributed by atoms with Gasteiger partial charge in [0.1, 0.15) is 17.0 Å². The van der Waals surface area contributed by atoms with Gasteiger partial charge in [0.25, 0.3) is 0 Å². The van der Waals surface area contributed by atoms with E-state index in [1.807, 2.05) is 32.0 Å². The van der Waals surface area contributed by atoms with Crippen LogP contribution in [0.1, 0.15) is 22.8 Å². The molecule has 0 aliphatic rings. The zero-order valence-electron chi connectivity index (χ0n) is 11.2. The van der Waals surface area contributed by atoms with Crippen LogP contribution < -0.4 is 4.74 Å². The van der Waals surface area contributed by atoms with E-state index in [-0.39, 0.29) is 5.56 Å². The lowest BCUT2D eigenvalue weighted by molar-refractivity contribution is 0.0697. The second kappa shape index (κ2) is 5.14. The molecule has 1 N–H and O–H groups in total. The first kappa shape index (κ1) is 13.1. The van der Waals surface area contributed by atoms with E-state index in [9.17, 15) is 9.90 Å². The van der Waals surface area contributed by atoms with Gasteiger partial charge in [-0.15, -0.1) is 0 Å². The van der Waals surface area contributed by atoms with Gasteiger partial charge in [-0.25, -0.2) is 4.79 Å². The number of ether oxygens (including phenoxy) is 1. The quantitative estimate of drug-likeness (QED) is 0.917. The van der Waals surface area contributed by atoms with Gasteiger partial charge in [0.2, 0.25) is 0 Å². The summed E-state index contributed by atoms with van der Waals surface area (Å²) in [7, 11) is 1.61. The van der Waals surface area contributed by atoms with Crippen LogP contribution in [-0.4, -0.2) is 28.0 Å². The number of rotatable bonds is 4. The molecule has 19 heavy (non-hydrogen) atoms. The van der Waals surface area contributed by atoms with Gasteiger partial charge in [0.15, 0.2) is 0 Å². The van der Waals surface area contributed by atoms with Gasteiger partial charge in [-0.05, 0) is 37.6 Å². The molecular weight excluding hydrogens is 244 g/mol. The number of carboxylic acids is 1. The van der Waals surface area contributed by atoms with E-state index in [1.165, 1.54) is 0 Å². The third-order valence-corrected chi connectivity index (χ3v) is 2.98. The summed E-state index contributed by atoms with van der Waals surface area (Å²) in [5.74, 6) is -0.196. The molecule has 0 spiro atoms. The predicted molar refractivity (Wildman–Crippen MR) is 71.6 cm³/mol. The topological polar surface area (TPSA) is 64.4 Å². The Labute approximate surface area is 111 Å². The molecule has 0 saturated heterocycles. The minimum atomic E-state index is -0.969. The molecule has 1 aromatic heterocycles. The number of aromatic carboxylic acids is 1. The molecule has 0 unspecified atom stereocenters. The summed E-state index contributed by atoms with van der Waals surface area (Å²) in [5.41, 5.74) is 2.43. The van der Waals surface area contributed by atoms with Crippen molar-refractivity contribution >= 4 is 5.97 Å². The van der Waals surface area contributed by atoms with Gasteiger partial charge >= 0.3 is 5.97 Å². The third kappa shape index (κ3) is 2.45. The first-order valence-electron chi connectivity index (χ1n) is 6.02. The number of carbonyl (C=O) groups is 1. The SMILES string of the molecule is CCn1cc(C(=O)O)c(-c2ccc(OC)c(C)c2)n1. The summed E-state index contributed by atoms with van der Waals surface area (Å²) in [6.45, 7) is 4.47. The van der Waals surface area contributed by atoms with Gasteiger partial charge < -0.3 is 9.84 Å². The number of hydrogen-bond donors (Lipinski definition) is 1. The maximum absolute atomic E-state index is 11.3. The molecule has 0 saturated carbocycles. The highest BCUT2D eigenvalue weighted by atomic mass is 16.5. The van der Waals surface area contributed by atoms with Crippen LogP contribution in [0.15, 0.2) is 24.4 Å². The number of aryl methyl sites for hydroxylation is 2. The second-order valence-corrected chi connectivity index (χ2v) is 4.24. The summed E-state index contributed by atoms with van der Waals surface area (Å²) in [4.78, 5) is 11.3. The van der Waals surface area contributed by atoms with Crippen LogP contribution in [-0.2, 0) is 6.54 Å². The van der Waals surface area contributed by atoms with E-state index >= 15 is 0 Å². The highest BCUT2D eigenvalue weighted by molar-refractivity contribution is 5.94. The molecule has 2 aromatic rings. The number of aromatic nitrogens is 2. The molecule has 5 heteroatoms. The fraction of sp³-hybridized carbons (Fsp3) is 0.286. The lowest BCUT2D eigenvalue weighted by Crippen LogP contribution is -1.97. The summed E-state index contributed by atoms with van der Waals surface area (Å²) in [6.07, 6.45) is 1.55. The van der Waals surface area contributed by atoms with Crippen LogP contribution in [0.5, 0.6) is 5.75 Å². The van der Waals surface area contributed by atoms with Crippen LogP contribution >= 0.6 is 0 Å². The minimum absolute atomic E-state index is 0.214. The van der Waals surface area contributed by atoms with Crippen LogP contribution in [0, 0.1) is 6.92 Å². The molecule has 100 valence electrons. The molecule has 5 nitrogen and oxygen atoms in total. The molecule has 0 aliphatic heterocycles. The largest absolute Gasteiger partial charge is 0.496 e. The first-order valence-corrected chi connectivity index (χ1v) is 6.02. The van der Waals surface area contributed by atoms with Crippen molar-refractivity contribution in [3.8, 4) is 17.0 Å². The Morgan fingerprint density at radius 1 is 1.47 bits per heavy atom. The fourth-order valence-corrected chi connectivity index (χ4v) is 1.98. The second-order valence-electron chi connectivity index (χ2n) is 4.24. The monoisotopic (exact) mass is 260 g/mol. The van der Waals surface area contributed by atoms with E-state index in [1.54, 1.807) is 18.0 Å². The average molecular weight is 260 g/mol. The van der Waals surface area contributed by atoms with Crippen LogP contribution in [0.3, 0.4) is 0 Å². The van der Waals surface area contributed by atoms with E-state index in [2.05, 4.69) is 5.10 Å². The maximum atomic E-state index is 11.3. The Kier molecular flexibility index (Phi) is 3.55. The summed E-state index contributed by atoms with van der Waals surface area (Å²) in [6, 6.07) is 5.52. The molecule has 0 amide bonds. The average Bonchev–Trinajstić information content (AvgIpc) is 2.83. The number of carboxylic acid groups (broad SMARTS) is 1. The predicted octanol–water partition coefficient (Wildman–Crippen LogP) is 2.59. The molecule has 2 rings (SSSR count). The van der Waals surface area contributed by atoms with Crippen molar-refractivity contribution in [1.82, 2.24) is 9.78 Å². The molecule has 0 aliphatic carbocycles. The minimum Gasteiger partial charge on any atom is -0.496 e. The molecule has 0 bridgehead atoms. The van der Waals surface area contributed by atoms with Gasteiger partial charge in [0.05, 0.1) is 7.11 Å². The third-order valence-electron chi connectivity index (χ3n) is 2.98. The Balaban J connectivity index is 2.54. The molecule has 1 heterocycles. The maximum Gasteiger partial charge on any atom is 0.339 e. The molecule has 1 aromatic carbocycles. The van der Waals surface area contributed by atoms with Crippen LogP contribution in [0.25, 0.3) is 11.3 Å². The lowest BCUT2D eigenvalue weighted by Gasteiger charge is -2.06. The van der Waals surface area contributed by atoms with Crippen molar-refractivity contribution in [2.45, 2.75) is 20.4 Å². The lowest BCUT2D eigenvalue weighted by atomic mass is 10.1. The molecule has 0 radical (unpaired) electrons. The van der Waals surface area contributed by atoms with Crippen molar-refractivity contribution in [2.24, 2.45) is 0 Å². The van der Waals surface area contributed by atoms with Gasteiger partial charge in [-0.3, -0.25) is 4.68 Å². The highest BCUT2D eigenvalue weighted by Gasteiger charge is 2.17. The summed E-state index contributed by atoms with van der Waals surface area (Å²) in [5, 5.41) is 13.5. The van der Waals surface area contributed by atoms with Crippen molar-refractivity contribution in [1.29, 1.82) is 0 Å². The molecule has 0 fully saturated rings. The van der Waals surface area contributed by atoms with E-state index in [0.717, 1.165) is 16.9 Å². The Morgan fingerprint density at radius 2 is 2.21 bits per heavy atom. The number of methoxy groups -OCH3 is 1. The molecule has 0 atom stereocenters. The Bertz CT molecular complexity index is 617. The van der Waals surface area contributed by atoms with Crippen molar-refractivity contribution in [3.05, 3.63) is 35.5 Å². The smallest absolute Gasteiger partial charge is 0.339 e. The van der Waals surface area contributed by atoms with Gasteiger partial charge in [0, 0.05) is 18.3 Å². The summed E-state index contributed by atoms with van der Waals surface area (Å²) >= 11 is 0. The number of nitrogens with zero attached hydrogens (tertiary/aromatic N) is 2. The van der Waals surface area contributed by atoms with E-state index in [0.29, 0.717) is 12.2 Å². The van der Waals surface area contributed by atoms with E-state index in [4.69, 9.17) is 4.74 Å². The van der Waals surface area contributed by atoms with Crippen molar-refractivity contribution in [2.75, 3.05) is 7.11 Å². The van der Waals surface area contributed by atoms with Crippen molar-refractivity contribution in [3.63, 3.8) is 0 Å². The summed E-state index contributed by atoms with van der Waals surface area (Å²) < 4.78 is 6.82. The van der Waals surface area contributed by atoms with E-state index < -0.39 is 5.97 Å². The highest BCUT2D eigenvalue weighted by Crippen LogP contribution is 2.27. The standard InChI is InChI=1S/C14H16N2O3/c1-4-16-8-11(14(17)18)13(15-16)10-5-6-12(19-3)9(2)7-10/h5-8H,4H2,1-3H3,(H,17,18). The Hall–Kier alpha value is -2.30. The zero-order valence-corrected chi connectivity index (χ0v) is 11.2. The number of benzene rings is 1.